The molecule has 0 fully saturated rings. The largest absolute Gasteiger partial charge is 0.469 e. The van der Waals surface area contributed by atoms with Gasteiger partial charge in [-0.15, -0.1) is 0 Å². The van der Waals surface area contributed by atoms with Crippen LogP contribution in [0.1, 0.15) is 64.2 Å². The number of hydrogen-bond donors (Lipinski definition) is 5. The highest BCUT2D eigenvalue weighted by atomic mass is 16.5. The van der Waals surface area contributed by atoms with Gasteiger partial charge in [0.15, 0.2) is 0 Å². The molecule has 9 heteroatoms. The summed E-state index contributed by atoms with van der Waals surface area (Å²) >= 11 is 0. The van der Waals surface area contributed by atoms with Gasteiger partial charge in [-0.05, 0) is 58.0 Å². The summed E-state index contributed by atoms with van der Waals surface area (Å²) in [6, 6.07) is -1.26. The molecular formula is C19H39N5O4. The normalized spacial score (nSPS) is 12.9. The van der Waals surface area contributed by atoms with Gasteiger partial charge in [0.05, 0.1) is 13.2 Å². The molecular weight excluding hydrogens is 362 g/mol. The predicted molar refractivity (Wildman–Crippen MR) is 109 cm³/mol. The summed E-state index contributed by atoms with van der Waals surface area (Å²) in [7, 11) is 1.37. The Morgan fingerprint density at radius 3 is 2.11 bits per heavy atom. The highest BCUT2D eigenvalue weighted by molar-refractivity contribution is 5.89. The maximum atomic E-state index is 12.5. The highest BCUT2D eigenvalue weighted by Gasteiger charge is 2.23. The molecule has 164 valence electrons. The number of nitrogens with one attached hydrogen (secondary N) is 2. The SMILES string of the molecule is COC(=O)CCCCCNC(=O)C(CCCCN)NC(=O)C(N)CCCCN. The van der Waals surface area contributed by atoms with Crippen molar-refractivity contribution in [1.82, 2.24) is 10.6 Å². The molecule has 0 saturated carbocycles. The van der Waals surface area contributed by atoms with Crippen LogP contribution in [0.5, 0.6) is 0 Å². The molecule has 28 heavy (non-hydrogen) atoms. The molecule has 0 spiro atoms. The van der Waals surface area contributed by atoms with Gasteiger partial charge in [-0.1, -0.05) is 12.8 Å². The fourth-order valence-corrected chi connectivity index (χ4v) is 2.69. The summed E-state index contributed by atoms with van der Waals surface area (Å²) in [5, 5.41) is 5.62. The second kappa shape index (κ2) is 17.4. The summed E-state index contributed by atoms with van der Waals surface area (Å²) in [5.41, 5.74) is 16.9. The van der Waals surface area contributed by atoms with Crippen molar-refractivity contribution < 1.29 is 19.1 Å². The lowest BCUT2D eigenvalue weighted by molar-refractivity contribution is -0.140. The van der Waals surface area contributed by atoms with E-state index in [4.69, 9.17) is 17.2 Å². The summed E-state index contributed by atoms with van der Waals surface area (Å²) in [5.74, 6) is -0.759. The van der Waals surface area contributed by atoms with E-state index in [1.54, 1.807) is 0 Å². The van der Waals surface area contributed by atoms with E-state index in [9.17, 15) is 14.4 Å². The summed E-state index contributed by atoms with van der Waals surface area (Å²) in [6.07, 6.45) is 6.86. The Bertz CT molecular complexity index is 448. The van der Waals surface area contributed by atoms with Crippen molar-refractivity contribution in [2.24, 2.45) is 17.2 Å². The fourth-order valence-electron chi connectivity index (χ4n) is 2.69. The third-order valence-corrected chi connectivity index (χ3v) is 4.47. The van der Waals surface area contributed by atoms with Crippen LogP contribution in [-0.2, 0) is 19.1 Å². The number of methoxy groups -OCH3 is 1. The van der Waals surface area contributed by atoms with Crippen molar-refractivity contribution in [2.75, 3.05) is 26.7 Å². The van der Waals surface area contributed by atoms with Crippen LogP contribution < -0.4 is 27.8 Å². The zero-order valence-electron chi connectivity index (χ0n) is 17.2. The Balaban J connectivity index is 4.34. The average molecular weight is 402 g/mol. The van der Waals surface area contributed by atoms with E-state index in [-0.39, 0.29) is 17.8 Å². The molecule has 0 saturated heterocycles. The van der Waals surface area contributed by atoms with E-state index < -0.39 is 12.1 Å². The van der Waals surface area contributed by atoms with Crippen molar-refractivity contribution in [1.29, 1.82) is 0 Å². The highest BCUT2D eigenvalue weighted by Crippen LogP contribution is 2.05. The molecule has 0 aromatic heterocycles. The van der Waals surface area contributed by atoms with Crippen LogP contribution in [-0.4, -0.2) is 56.6 Å². The number of nitrogens with two attached hydrogens (primary N) is 3. The second-order valence-corrected chi connectivity index (χ2v) is 6.91. The monoisotopic (exact) mass is 401 g/mol. The van der Waals surface area contributed by atoms with E-state index in [0.29, 0.717) is 38.9 Å². The second-order valence-electron chi connectivity index (χ2n) is 6.91. The van der Waals surface area contributed by atoms with Gasteiger partial charge in [-0.3, -0.25) is 14.4 Å². The molecule has 8 N–H and O–H groups in total. The predicted octanol–water partition coefficient (Wildman–Crippen LogP) is -0.0939. The first-order valence-electron chi connectivity index (χ1n) is 10.3. The molecule has 0 aliphatic heterocycles. The van der Waals surface area contributed by atoms with Crippen LogP contribution in [0.25, 0.3) is 0 Å². The quantitative estimate of drug-likeness (QED) is 0.168. The van der Waals surface area contributed by atoms with Gasteiger partial charge in [0.25, 0.3) is 0 Å². The Kier molecular flexibility index (Phi) is 16.3. The maximum absolute atomic E-state index is 12.5. The van der Waals surface area contributed by atoms with Gasteiger partial charge in [0.1, 0.15) is 6.04 Å². The fraction of sp³-hybridized carbons (Fsp3) is 0.842. The third-order valence-electron chi connectivity index (χ3n) is 4.47. The molecule has 0 radical (unpaired) electrons. The molecule has 0 aliphatic rings. The third kappa shape index (κ3) is 13.5. The van der Waals surface area contributed by atoms with Gasteiger partial charge >= 0.3 is 5.97 Å². The van der Waals surface area contributed by atoms with Gasteiger partial charge in [0.2, 0.25) is 11.8 Å². The van der Waals surface area contributed by atoms with E-state index >= 15 is 0 Å². The Morgan fingerprint density at radius 1 is 0.857 bits per heavy atom. The molecule has 0 heterocycles. The van der Waals surface area contributed by atoms with Crippen LogP contribution in [0.4, 0.5) is 0 Å². The van der Waals surface area contributed by atoms with Gasteiger partial charge in [-0.25, -0.2) is 0 Å². The molecule has 2 atom stereocenters. The Morgan fingerprint density at radius 2 is 1.50 bits per heavy atom. The van der Waals surface area contributed by atoms with Crippen molar-refractivity contribution >= 4 is 17.8 Å². The zero-order valence-corrected chi connectivity index (χ0v) is 17.2. The number of esters is 1. The smallest absolute Gasteiger partial charge is 0.305 e. The first-order valence-corrected chi connectivity index (χ1v) is 10.3. The first kappa shape index (κ1) is 26.3. The molecule has 9 nitrogen and oxygen atoms in total. The standard InChI is InChI=1S/C19H39N5O4/c1-28-17(25)11-3-2-8-14-23-19(27)16(10-5-7-13-21)24-18(26)15(22)9-4-6-12-20/h15-16H,2-14,20-22H2,1H3,(H,23,27)(H,24,26). The lowest BCUT2D eigenvalue weighted by atomic mass is 10.1. The number of carbonyl (C=O) groups is 3. The summed E-state index contributed by atoms with van der Waals surface area (Å²) in [4.78, 5) is 35.8. The van der Waals surface area contributed by atoms with Gasteiger partial charge in [-0.2, -0.15) is 0 Å². The summed E-state index contributed by atoms with van der Waals surface area (Å²) in [6.45, 7) is 1.60. The summed E-state index contributed by atoms with van der Waals surface area (Å²) < 4.78 is 4.59. The number of hydrogen-bond acceptors (Lipinski definition) is 7. The van der Waals surface area contributed by atoms with Crippen LogP contribution >= 0.6 is 0 Å². The minimum absolute atomic E-state index is 0.215. The van der Waals surface area contributed by atoms with Crippen LogP contribution in [0.15, 0.2) is 0 Å². The van der Waals surface area contributed by atoms with Crippen LogP contribution in [0.3, 0.4) is 0 Å². The minimum atomic E-state index is -0.644. The molecule has 0 aromatic carbocycles. The van der Waals surface area contributed by atoms with Crippen molar-refractivity contribution in [3.63, 3.8) is 0 Å². The first-order chi connectivity index (χ1) is 13.5. The lowest BCUT2D eigenvalue weighted by Gasteiger charge is -2.21. The van der Waals surface area contributed by atoms with Crippen molar-refractivity contribution in [3.05, 3.63) is 0 Å². The molecule has 0 aromatic rings. The number of ether oxygens (including phenoxy) is 1. The minimum Gasteiger partial charge on any atom is -0.469 e. The molecule has 0 bridgehead atoms. The number of carbonyl (C=O) groups excluding carboxylic acids is 3. The molecule has 0 aliphatic carbocycles. The van der Waals surface area contributed by atoms with Crippen LogP contribution in [0, 0.1) is 0 Å². The van der Waals surface area contributed by atoms with E-state index in [1.165, 1.54) is 7.11 Å². The average Bonchev–Trinajstić information content (AvgIpc) is 2.69. The van der Waals surface area contributed by atoms with Gasteiger partial charge < -0.3 is 32.6 Å². The van der Waals surface area contributed by atoms with E-state index in [2.05, 4.69) is 15.4 Å². The molecule has 2 amide bonds. The Hall–Kier alpha value is -1.71. The van der Waals surface area contributed by atoms with Crippen molar-refractivity contribution in [3.8, 4) is 0 Å². The molecule has 2 unspecified atom stereocenters. The number of amides is 2. The van der Waals surface area contributed by atoms with Gasteiger partial charge in [0, 0.05) is 13.0 Å². The maximum Gasteiger partial charge on any atom is 0.305 e. The topological polar surface area (TPSA) is 163 Å². The lowest BCUT2D eigenvalue weighted by Crippen LogP contribution is -2.51. The van der Waals surface area contributed by atoms with E-state index in [1.807, 2.05) is 0 Å². The Labute approximate surface area is 168 Å². The van der Waals surface area contributed by atoms with Crippen molar-refractivity contribution in [2.45, 2.75) is 76.3 Å². The number of rotatable bonds is 17. The van der Waals surface area contributed by atoms with Crippen LogP contribution in [0.2, 0.25) is 0 Å². The number of unbranched alkanes of at least 4 members (excludes halogenated alkanes) is 4. The van der Waals surface area contributed by atoms with E-state index in [0.717, 1.165) is 44.9 Å². The molecule has 0 rings (SSSR count). The zero-order chi connectivity index (χ0) is 21.2.